The van der Waals surface area contributed by atoms with Gasteiger partial charge in [-0.2, -0.15) is 5.10 Å². The number of nitrogens with one attached hydrogen (secondary N) is 2. The first-order valence-electron chi connectivity index (χ1n) is 10.3. The molecule has 0 spiro atoms. The third-order valence-electron chi connectivity index (χ3n) is 5.72. The zero-order valence-corrected chi connectivity index (χ0v) is 20.1. The summed E-state index contributed by atoms with van der Waals surface area (Å²) in [5, 5.41) is 10.3. The molecule has 2 aromatic heterocycles. The smallest absolute Gasteiger partial charge is 0.252 e. The highest BCUT2D eigenvalue weighted by molar-refractivity contribution is 7.12. The van der Waals surface area contributed by atoms with Crippen LogP contribution in [0.1, 0.15) is 37.3 Å². The molecule has 9 nitrogen and oxygen atoms in total. The van der Waals surface area contributed by atoms with Crippen molar-refractivity contribution >= 4 is 29.0 Å². The first-order chi connectivity index (χ1) is 15.8. The van der Waals surface area contributed by atoms with Gasteiger partial charge in [-0.3, -0.25) is 14.3 Å². The second-order valence-corrected chi connectivity index (χ2v) is 9.07. The SMILES string of the molecule is COc1cc(C(=O)N[C@@H]2C(=O)Nc3c(c(C)nn3C)[C@@H]2c2ccc(C)s2)cc(OC)c1OC. The quantitative estimate of drug-likeness (QED) is 0.574. The average molecular weight is 471 g/mol. The number of methoxy groups -OCH3 is 3. The highest BCUT2D eigenvalue weighted by atomic mass is 32.1. The molecule has 174 valence electrons. The second kappa shape index (κ2) is 8.78. The minimum atomic E-state index is -0.829. The predicted molar refractivity (Wildman–Crippen MR) is 125 cm³/mol. The Hall–Kier alpha value is -3.53. The molecule has 1 aliphatic rings. The molecule has 1 aliphatic heterocycles. The Morgan fingerprint density at radius 1 is 1.12 bits per heavy atom. The van der Waals surface area contributed by atoms with Gasteiger partial charge in [-0.05, 0) is 38.1 Å². The van der Waals surface area contributed by atoms with Gasteiger partial charge in [0.05, 0.1) is 32.9 Å². The number of benzene rings is 1. The lowest BCUT2D eigenvalue weighted by atomic mass is 9.86. The van der Waals surface area contributed by atoms with E-state index < -0.39 is 11.9 Å². The van der Waals surface area contributed by atoms with Crippen molar-refractivity contribution in [3.05, 3.63) is 50.8 Å². The zero-order chi connectivity index (χ0) is 23.9. The van der Waals surface area contributed by atoms with Gasteiger partial charge >= 0.3 is 0 Å². The van der Waals surface area contributed by atoms with Crippen LogP contribution in [0.5, 0.6) is 17.2 Å². The van der Waals surface area contributed by atoms with Gasteiger partial charge < -0.3 is 24.8 Å². The maximum absolute atomic E-state index is 13.3. The van der Waals surface area contributed by atoms with Gasteiger partial charge in [0.1, 0.15) is 11.9 Å². The number of carbonyl (C=O) groups excluding carboxylic acids is 2. The zero-order valence-electron chi connectivity index (χ0n) is 19.3. The molecule has 33 heavy (non-hydrogen) atoms. The molecule has 0 fully saturated rings. The fourth-order valence-corrected chi connectivity index (χ4v) is 5.25. The summed E-state index contributed by atoms with van der Waals surface area (Å²) in [5.74, 6) is 0.630. The monoisotopic (exact) mass is 470 g/mol. The number of hydrogen-bond acceptors (Lipinski definition) is 7. The highest BCUT2D eigenvalue weighted by Gasteiger charge is 2.42. The van der Waals surface area contributed by atoms with Gasteiger partial charge in [-0.1, -0.05) is 0 Å². The first-order valence-corrected chi connectivity index (χ1v) is 11.1. The summed E-state index contributed by atoms with van der Waals surface area (Å²) < 4.78 is 17.7. The van der Waals surface area contributed by atoms with Gasteiger partial charge in [-0.15, -0.1) is 11.3 Å². The van der Waals surface area contributed by atoms with Gasteiger partial charge in [0.2, 0.25) is 11.7 Å². The fraction of sp³-hybridized carbons (Fsp3) is 0.348. The largest absolute Gasteiger partial charge is 0.493 e. The van der Waals surface area contributed by atoms with Crippen LogP contribution in [0.2, 0.25) is 0 Å². The lowest BCUT2D eigenvalue weighted by Gasteiger charge is -2.31. The van der Waals surface area contributed by atoms with Crippen LogP contribution in [0.25, 0.3) is 0 Å². The molecular weight excluding hydrogens is 444 g/mol. The number of thiophene rings is 1. The van der Waals surface area contributed by atoms with Gasteiger partial charge in [-0.25, -0.2) is 0 Å². The van der Waals surface area contributed by atoms with E-state index in [1.54, 1.807) is 35.2 Å². The van der Waals surface area contributed by atoms with Crippen molar-refractivity contribution in [2.45, 2.75) is 25.8 Å². The van der Waals surface area contributed by atoms with Crippen LogP contribution in [-0.2, 0) is 11.8 Å². The highest BCUT2D eigenvalue weighted by Crippen LogP contribution is 2.42. The van der Waals surface area contributed by atoms with Crippen LogP contribution in [0.15, 0.2) is 24.3 Å². The number of fused-ring (bicyclic) bond motifs is 1. The molecule has 0 unspecified atom stereocenters. The van der Waals surface area contributed by atoms with Crippen molar-refractivity contribution in [2.24, 2.45) is 7.05 Å². The second-order valence-electron chi connectivity index (χ2n) is 7.75. The standard InChI is InChI=1S/C23H26N4O5S/c1-11-7-8-16(33-11)18-17-12(2)26-27(3)21(17)25-23(29)19(18)24-22(28)13-9-14(30-4)20(32-6)15(10-13)31-5/h7-10,18-19H,1-6H3,(H,24,28)(H,25,29)/t18-,19-/m0/s1. The van der Waals surface area contributed by atoms with Crippen molar-refractivity contribution in [1.29, 1.82) is 0 Å². The van der Waals surface area contributed by atoms with Crippen LogP contribution >= 0.6 is 11.3 Å². The number of aromatic nitrogens is 2. The van der Waals surface area contributed by atoms with Crippen LogP contribution < -0.4 is 24.8 Å². The maximum atomic E-state index is 13.3. The van der Waals surface area contributed by atoms with E-state index >= 15 is 0 Å². The number of aryl methyl sites for hydroxylation is 3. The Morgan fingerprint density at radius 2 is 1.79 bits per heavy atom. The van der Waals surface area contributed by atoms with Crippen LogP contribution in [0, 0.1) is 13.8 Å². The maximum Gasteiger partial charge on any atom is 0.252 e. The molecule has 4 rings (SSSR count). The summed E-state index contributed by atoms with van der Waals surface area (Å²) in [6.45, 7) is 3.92. The molecule has 0 bridgehead atoms. The molecule has 3 heterocycles. The Kier molecular flexibility index (Phi) is 6.03. The molecule has 2 atom stereocenters. The summed E-state index contributed by atoms with van der Waals surface area (Å²) in [7, 11) is 6.25. The number of carbonyl (C=O) groups is 2. The fourth-order valence-electron chi connectivity index (χ4n) is 4.22. The summed E-state index contributed by atoms with van der Waals surface area (Å²) in [4.78, 5) is 28.6. The van der Waals surface area contributed by atoms with E-state index in [1.165, 1.54) is 21.3 Å². The Bertz CT molecular complexity index is 1210. The Balaban J connectivity index is 1.75. The van der Waals surface area contributed by atoms with Crippen molar-refractivity contribution < 1.29 is 23.8 Å². The molecular formula is C23H26N4O5S. The summed E-state index contributed by atoms with van der Waals surface area (Å²) in [6.07, 6.45) is 0. The van der Waals surface area contributed by atoms with Crippen LogP contribution in [-0.4, -0.2) is 49.0 Å². The minimum absolute atomic E-state index is 0.284. The Morgan fingerprint density at radius 3 is 2.33 bits per heavy atom. The summed E-state index contributed by atoms with van der Waals surface area (Å²) in [6, 6.07) is 6.30. The normalized spacial score (nSPS) is 17.2. The first kappa shape index (κ1) is 22.7. The van der Waals surface area contributed by atoms with Gasteiger partial charge in [0.15, 0.2) is 11.5 Å². The van der Waals surface area contributed by atoms with E-state index in [1.807, 2.05) is 26.0 Å². The average Bonchev–Trinajstić information content (AvgIpc) is 3.35. The molecule has 0 saturated carbocycles. The predicted octanol–water partition coefficient (Wildman–Crippen LogP) is 3.01. The van der Waals surface area contributed by atoms with E-state index in [2.05, 4.69) is 15.7 Å². The number of amides is 2. The summed E-state index contributed by atoms with van der Waals surface area (Å²) in [5.41, 5.74) is 1.98. The van der Waals surface area contributed by atoms with E-state index in [0.29, 0.717) is 23.1 Å². The number of ether oxygens (including phenoxy) is 3. The molecule has 2 N–H and O–H groups in total. The molecule has 0 aliphatic carbocycles. The van der Waals surface area contributed by atoms with Crippen LogP contribution in [0.3, 0.4) is 0 Å². The molecule has 0 radical (unpaired) electrons. The molecule has 10 heteroatoms. The van der Waals surface area contributed by atoms with Crippen molar-refractivity contribution in [2.75, 3.05) is 26.6 Å². The third-order valence-corrected chi connectivity index (χ3v) is 6.80. The number of hydrogen-bond donors (Lipinski definition) is 2. The van der Waals surface area contributed by atoms with E-state index in [4.69, 9.17) is 14.2 Å². The lowest BCUT2D eigenvalue weighted by Crippen LogP contribution is -2.50. The van der Waals surface area contributed by atoms with Crippen LogP contribution in [0.4, 0.5) is 5.82 Å². The third kappa shape index (κ3) is 3.91. The number of anilines is 1. The number of nitrogens with zero attached hydrogens (tertiary/aromatic N) is 2. The van der Waals surface area contributed by atoms with E-state index in [9.17, 15) is 9.59 Å². The van der Waals surface area contributed by atoms with Gasteiger partial charge in [0, 0.05) is 27.9 Å². The van der Waals surface area contributed by atoms with E-state index in [0.717, 1.165) is 21.0 Å². The van der Waals surface area contributed by atoms with Crippen molar-refractivity contribution in [1.82, 2.24) is 15.1 Å². The molecule has 2 amide bonds. The van der Waals surface area contributed by atoms with Gasteiger partial charge in [0.25, 0.3) is 5.91 Å². The topological polar surface area (TPSA) is 104 Å². The molecule has 1 aromatic carbocycles. The summed E-state index contributed by atoms with van der Waals surface area (Å²) >= 11 is 1.60. The minimum Gasteiger partial charge on any atom is -0.493 e. The van der Waals surface area contributed by atoms with E-state index in [-0.39, 0.29) is 17.4 Å². The Labute approximate surface area is 195 Å². The lowest BCUT2D eigenvalue weighted by molar-refractivity contribution is -0.118. The number of rotatable bonds is 6. The van der Waals surface area contributed by atoms with Crippen molar-refractivity contribution in [3.63, 3.8) is 0 Å². The van der Waals surface area contributed by atoms with Crippen molar-refractivity contribution in [3.8, 4) is 17.2 Å². The molecule has 3 aromatic rings. The molecule has 0 saturated heterocycles.